The average molecular weight is 274 g/mol. The fraction of sp³-hybridized carbons (Fsp3) is 0.588. The SMILES string of the molecule is CC1CCNC(C(=O)Nc2ccccc2C(C)(C)C)C1. The van der Waals surface area contributed by atoms with E-state index in [4.69, 9.17) is 0 Å². The van der Waals surface area contributed by atoms with Crippen LogP contribution < -0.4 is 10.6 Å². The molecule has 1 aromatic carbocycles. The first-order chi connectivity index (χ1) is 9.38. The normalized spacial score (nSPS) is 23.4. The molecule has 0 bridgehead atoms. The Balaban J connectivity index is 2.12. The zero-order valence-corrected chi connectivity index (χ0v) is 13.0. The van der Waals surface area contributed by atoms with Gasteiger partial charge in [0.15, 0.2) is 0 Å². The predicted octanol–water partition coefficient (Wildman–Crippen LogP) is 3.31. The van der Waals surface area contributed by atoms with Gasteiger partial charge in [0.1, 0.15) is 0 Å². The van der Waals surface area contributed by atoms with Crippen molar-refractivity contribution in [2.24, 2.45) is 5.92 Å². The number of nitrogens with one attached hydrogen (secondary N) is 2. The maximum absolute atomic E-state index is 12.4. The zero-order valence-electron chi connectivity index (χ0n) is 13.0. The summed E-state index contributed by atoms with van der Waals surface area (Å²) in [7, 11) is 0. The van der Waals surface area contributed by atoms with Crippen molar-refractivity contribution in [1.29, 1.82) is 0 Å². The molecule has 3 heteroatoms. The van der Waals surface area contributed by atoms with E-state index < -0.39 is 0 Å². The third-order valence-corrected chi connectivity index (χ3v) is 3.98. The molecule has 1 amide bonds. The van der Waals surface area contributed by atoms with Gasteiger partial charge in [-0.2, -0.15) is 0 Å². The first-order valence-electron chi connectivity index (χ1n) is 7.51. The molecule has 0 aromatic heterocycles. The number of benzene rings is 1. The predicted molar refractivity (Wildman–Crippen MR) is 84.0 cm³/mol. The van der Waals surface area contributed by atoms with Crippen LogP contribution in [0.3, 0.4) is 0 Å². The van der Waals surface area contributed by atoms with Crippen LogP contribution in [0.5, 0.6) is 0 Å². The van der Waals surface area contributed by atoms with E-state index in [-0.39, 0.29) is 17.4 Å². The third kappa shape index (κ3) is 3.60. The molecule has 0 spiro atoms. The van der Waals surface area contributed by atoms with Gasteiger partial charge in [0.2, 0.25) is 5.91 Å². The molecule has 2 atom stereocenters. The van der Waals surface area contributed by atoms with E-state index in [9.17, 15) is 4.79 Å². The highest BCUT2D eigenvalue weighted by molar-refractivity contribution is 5.95. The molecule has 1 saturated heterocycles. The lowest BCUT2D eigenvalue weighted by atomic mass is 9.85. The van der Waals surface area contributed by atoms with Crippen LogP contribution in [0.15, 0.2) is 24.3 Å². The van der Waals surface area contributed by atoms with E-state index in [1.807, 2.05) is 18.2 Å². The Bertz CT molecular complexity index is 476. The summed E-state index contributed by atoms with van der Waals surface area (Å²) in [6.45, 7) is 9.64. The molecule has 20 heavy (non-hydrogen) atoms. The van der Waals surface area contributed by atoms with Crippen LogP contribution in [0.4, 0.5) is 5.69 Å². The topological polar surface area (TPSA) is 41.1 Å². The molecule has 1 aromatic rings. The maximum Gasteiger partial charge on any atom is 0.241 e. The Hall–Kier alpha value is -1.35. The van der Waals surface area contributed by atoms with Crippen molar-refractivity contribution in [2.45, 2.75) is 52.0 Å². The standard InChI is InChI=1S/C17H26N2O/c1-12-9-10-18-15(11-12)16(20)19-14-8-6-5-7-13(14)17(2,3)4/h5-8,12,15,18H,9-11H2,1-4H3,(H,19,20). The van der Waals surface area contributed by atoms with Gasteiger partial charge >= 0.3 is 0 Å². The van der Waals surface area contributed by atoms with E-state index in [0.29, 0.717) is 5.92 Å². The molecule has 110 valence electrons. The summed E-state index contributed by atoms with van der Waals surface area (Å²) >= 11 is 0. The van der Waals surface area contributed by atoms with Gasteiger partial charge in [-0.05, 0) is 42.3 Å². The number of anilines is 1. The smallest absolute Gasteiger partial charge is 0.241 e. The van der Waals surface area contributed by atoms with Gasteiger partial charge < -0.3 is 10.6 Å². The molecule has 1 heterocycles. The Labute approximate surface area is 122 Å². The van der Waals surface area contributed by atoms with Crippen molar-refractivity contribution in [2.75, 3.05) is 11.9 Å². The van der Waals surface area contributed by atoms with Gasteiger partial charge in [-0.25, -0.2) is 0 Å². The van der Waals surface area contributed by atoms with Crippen LogP contribution in [-0.2, 0) is 10.2 Å². The monoisotopic (exact) mass is 274 g/mol. The van der Waals surface area contributed by atoms with Gasteiger partial charge in [-0.1, -0.05) is 45.9 Å². The summed E-state index contributed by atoms with van der Waals surface area (Å²) in [5.74, 6) is 0.707. The lowest BCUT2D eigenvalue weighted by Crippen LogP contribution is -2.45. The molecule has 0 radical (unpaired) electrons. The largest absolute Gasteiger partial charge is 0.324 e. The molecule has 3 nitrogen and oxygen atoms in total. The third-order valence-electron chi connectivity index (χ3n) is 3.98. The minimum Gasteiger partial charge on any atom is -0.324 e. The Morgan fingerprint density at radius 1 is 1.30 bits per heavy atom. The molecule has 0 aliphatic carbocycles. The van der Waals surface area contributed by atoms with Crippen molar-refractivity contribution in [3.63, 3.8) is 0 Å². The number of rotatable bonds is 2. The zero-order chi connectivity index (χ0) is 14.8. The van der Waals surface area contributed by atoms with Crippen LogP contribution in [0, 0.1) is 5.92 Å². The Kier molecular flexibility index (Phi) is 4.48. The van der Waals surface area contributed by atoms with Crippen molar-refractivity contribution in [1.82, 2.24) is 5.32 Å². The van der Waals surface area contributed by atoms with Gasteiger partial charge in [-0.3, -0.25) is 4.79 Å². The quantitative estimate of drug-likeness (QED) is 0.868. The van der Waals surface area contributed by atoms with Crippen molar-refractivity contribution in [3.8, 4) is 0 Å². The summed E-state index contributed by atoms with van der Waals surface area (Å²) in [5, 5.41) is 6.42. The van der Waals surface area contributed by atoms with Crippen LogP contribution >= 0.6 is 0 Å². The number of hydrogen-bond donors (Lipinski definition) is 2. The van der Waals surface area contributed by atoms with E-state index in [1.54, 1.807) is 0 Å². The second-order valence-electron chi connectivity index (χ2n) is 6.92. The first-order valence-corrected chi connectivity index (χ1v) is 7.51. The number of hydrogen-bond acceptors (Lipinski definition) is 2. The molecule has 2 rings (SSSR count). The van der Waals surface area contributed by atoms with E-state index in [0.717, 1.165) is 25.1 Å². The maximum atomic E-state index is 12.4. The number of carbonyl (C=O) groups is 1. The lowest BCUT2D eigenvalue weighted by Gasteiger charge is -2.28. The van der Waals surface area contributed by atoms with Crippen molar-refractivity contribution in [3.05, 3.63) is 29.8 Å². The number of piperidine rings is 1. The van der Waals surface area contributed by atoms with Crippen LogP contribution in [-0.4, -0.2) is 18.5 Å². The van der Waals surface area contributed by atoms with Gasteiger partial charge in [-0.15, -0.1) is 0 Å². The summed E-state index contributed by atoms with van der Waals surface area (Å²) in [5.41, 5.74) is 2.14. The fourth-order valence-corrected chi connectivity index (χ4v) is 2.77. The van der Waals surface area contributed by atoms with Crippen LogP contribution in [0.25, 0.3) is 0 Å². The summed E-state index contributed by atoms with van der Waals surface area (Å²) in [4.78, 5) is 12.4. The first kappa shape index (κ1) is 15.0. The molecular weight excluding hydrogens is 248 g/mol. The highest BCUT2D eigenvalue weighted by Gasteiger charge is 2.26. The number of amides is 1. The second kappa shape index (κ2) is 5.96. The summed E-state index contributed by atoms with van der Waals surface area (Å²) in [6, 6.07) is 8.02. The number of carbonyl (C=O) groups excluding carboxylic acids is 1. The van der Waals surface area contributed by atoms with Gasteiger partial charge in [0.25, 0.3) is 0 Å². The minimum absolute atomic E-state index is 0.0250. The molecule has 1 fully saturated rings. The second-order valence-corrected chi connectivity index (χ2v) is 6.92. The minimum atomic E-state index is -0.0632. The molecule has 1 aliphatic heterocycles. The van der Waals surface area contributed by atoms with E-state index >= 15 is 0 Å². The molecule has 2 unspecified atom stereocenters. The molecule has 1 aliphatic rings. The summed E-state index contributed by atoms with van der Waals surface area (Å²) < 4.78 is 0. The molecule has 0 saturated carbocycles. The van der Waals surface area contributed by atoms with Crippen LogP contribution in [0.1, 0.15) is 46.1 Å². The highest BCUT2D eigenvalue weighted by Crippen LogP contribution is 2.29. The molecule has 2 N–H and O–H groups in total. The van der Waals surface area contributed by atoms with Gasteiger partial charge in [0.05, 0.1) is 6.04 Å². The lowest BCUT2D eigenvalue weighted by molar-refractivity contribution is -0.119. The van der Waals surface area contributed by atoms with Crippen molar-refractivity contribution < 1.29 is 4.79 Å². The summed E-state index contributed by atoms with van der Waals surface area (Å²) in [6.07, 6.45) is 2.08. The van der Waals surface area contributed by atoms with E-state index in [2.05, 4.69) is 44.4 Å². The fourth-order valence-electron chi connectivity index (χ4n) is 2.77. The van der Waals surface area contributed by atoms with Crippen molar-refractivity contribution >= 4 is 11.6 Å². The van der Waals surface area contributed by atoms with Crippen LogP contribution in [0.2, 0.25) is 0 Å². The average Bonchev–Trinajstić information content (AvgIpc) is 2.38. The Morgan fingerprint density at radius 2 is 2.00 bits per heavy atom. The highest BCUT2D eigenvalue weighted by atomic mass is 16.2. The van der Waals surface area contributed by atoms with E-state index in [1.165, 1.54) is 5.56 Å². The van der Waals surface area contributed by atoms with Gasteiger partial charge in [0, 0.05) is 5.69 Å². The Morgan fingerprint density at radius 3 is 2.65 bits per heavy atom. The number of para-hydroxylation sites is 1. The molecular formula is C17H26N2O.